The standard InChI is InChI=1S/C19H25N3O4S/c1-13(12-27-14(2)23)19(24)21-16-10-20-22(11-16)8-7-15-5-6-17(25-3)18(9-15)26-4/h5-6,9-11,13H,7-8,12H2,1-4H3,(H,21,24)/t13-/m0/s1. The molecule has 1 heterocycles. The van der Waals surface area contributed by atoms with Crippen LogP contribution in [-0.4, -0.2) is 40.8 Å². The molecular formula is C19H25N3O4S. The van der Waals surface area contributed by atoms with Gasteiger partial charge in [0.05, 0.1) is 26.1 Å². The van der Waals surface area contributed by atoms with Crippen LogP contribution >= 0.6 is 11.8 Å². The van der Waals surface area contributed by atoms with Crippen molar-refractivity contribution in [3.63, 3.8) is 0 Å². The number of aromatic nitrogens is 2. The van der Waals surface area contributed by atoms with Gasteiger partial charge in [0, 0.05) is 31.3 Å². The van der Waals surface area contributed by atoms with Gasteiger partial charge in [-0.2, -0.15) is 5.10 Å². The number of anilines is 1. The van der Waals surface area contributed by atoms with E-state index in [1.54, 1.807) is 38.2 Å². The number of nitrogens with one attached hydrogen (secondary N) is 1. The number of thioether (sulfide) groups is 1. The number of rotatable bonds is 9. The first-order valence-corrected chi connectivity index (χ1v) is 9.59. The largest absolute Gasteiger partial charge is 0.493 e. The molecule has 8 heteroatoms. The molecule has 1 aromatic heterocycles. The number of hydrogen-bond donors (Lipinski definition) is 1. The number of ether oxygens (including phenoxy) is 2. The molecule has 7 nitrogen and oxygen atoms in total. The molecule has 0 aliphatic carbocycles. The van der Waals surface area contributed by atoms with E-state index in [4.69, 9.17) is 9.47 Å². The Morgan fingerprint density at radius 1 is 1.26 bits per heavy atom. The second-order valence-electron chi connectivity index (χ2n) is 6.12. The maximum absolute atomic E-state index is 12.1. The van der Waals surface area contributed by atoms with E-state index in [2.05, 4.69) is 10.4 Å². The zero-order valence-corrected chi connectivity index (χ0v) is 16.8. The van der Waals surface area contributed by atoms with Crippen molar-refractivity contribution >= 4 is 28.5 Å². The molecule has 1 amide bonds. The van der Waals surface area contributed by atoms with E-state index in [0.29, 0.717) is 29.5 Å². The number of benzene rings is 1. The molecule has 1 N–H and O–H groups in total. The molecule has 0 aliphatic heterocycles. The summed E-state index contributed by atoms with van der Waals surface area (Å²) >= 11 is 1.16. The lowest BCUT2D eigenvalue weighted by Gasteiger charge is -2.10. The first-order valence-electron chi connectivity index (χ1n) is 8.60. The van der Waals surface area contributed by atoms with Gasteiger partial charge in [-0.3, -0.25) is 14.3 Å². The third kappa shape index (κ3) is 6.32. The van der Waals surface area contributed by atoms with Crippen LogP contribution in [0.1, 0.15) is 19.4 Å². The van der Waals surface area contributed by atoms with Crippen LogP contribution in [0.3, 0.4) is 0 Å². The fourth-order valence-electron chi connectivity index (χ4n) is 2.41. The van der Waals surface area contributed by atoms with Gasteiger partial charge in [0.2, 0.25) is 5.91 Å². The number of amides is 1. The van der Waals surface area contributed by atoms with E-state index in [1.165, 1.54) is 6.92 Å². The van der Waals surface area contributed by atoms with Crippen molar-refractivity contribution in [3.8, 4) is 11.5 Å². The molecule has 0 fully saturated rings. The van der Waals surface area contributed by atoms with E-state index >= 15 is 0 Å². The maximum Gasteiger partial charge on any atom is 0.228 e. The first kappa shape index (κ1) is 20.8. The number of methoxy groups -OCH3 is 2. The normalized spacial score (nSPS) is 11.7. The molecule has 0 saturated carbocycles. The second kappa shape index (κ2) is 10.0. The lowest BCUT2D eigenvalue weighted by Crippen LogP contribution is -2.22. The van der Waals surface area contributed by atoms with E-state index in [9.17, 15) is 9.59 Å². The van der Waals surface area contributed by atoms with Gasteiger partial charge in [0.15, 0.2) is 16.6 Å². The van der Waals surface area contributed by atoms with Crippen LogP contribution in [0.2, 0.25) is 0 Å². The topological polar surface area (TPSA) is 82.5 Å². The average molecular weight is 391 g/mol. The Kier molecular flexibility index (Phi) is 7.72. The van der Waals surface area contributed by atoms with Gasteiger partial charge in [-0.1, -0.05) is 24.8 Å². The number of carbonyl (C=O) groups excluding carboxylic acids is 2. The summed E-state index contributed by atoms with van der Waals surface area (Å²) in [7, 11) is 3.22. The minimum absolute atomic E-state index is 0.0117. The molecule has 27 heavy (non-hydrogen) atoms. The lowest BCUT2D eigenvalue weighted by molar-refractivity contribution is -0.118. The SMILES string of the molecule is COc1ccc(CCn2cc(NC(=O)[C@@H](C)CSC(C)=O)cn2)cc1OC. The Balaban J connectivity index is 1.89. The quantitative estimate of drug-likeness (QED) is 0.708. The molecule has 2 rings (SSSR count). The van der Waals surface area contributed by atoms with Gasteiger partial charge >= 0.3 is 0 Å². The van der Waals surface area contributed by atoms with Crippen LogP contribution in [0.5, 0.6) is 11.5 Å². The van der Waals surface area contributed by atoms with E-state index in [0.717, 1.165) is 23.7 Å². The summed E-state index contributed by atoms with van der Waals surface area (Å²) in [4.78, 5) is 23.1. The average Bonchev–Trinajstić information content (AvgIpc) is 3.11. The minimum atomic E-state index is -0.256. The zero-order valence-electron chi connectivity index (χ0n) is 16.0. The molecule has 0 saturated heterocycles. The summed E-state index contributed by atoms with van der Waals surface area (Å²) in [6, 6.07) is 5.81. The summed E-state index contributed by atoms with van der Waals surface area (Å²) in [5, 5.41) is 7.13. The van der Waals surface area contributed by atoms with Gasteiger partial charge < -0.3 is 14.8 Å². The summed E-state index contributed by atoms with van der Waals surface area (Å²) in [5.41, 5.74) is 1.75. The van der Waals surface area contributed by atoms with E-state index in [1.807, 2.05) is 18.2 Å². The van der Waals surface area contributed by atoms with Gasteiger partial charge in [0.25, 0.3) is 0 Å². The highest BCUT2D eigenvalue weighted by Crippen LogP contribution is 2.27. The lowest BCUT2D eigenvalue weighted by atomic mass is 10.1. The van der Waals surface area contributed by atoms with E-state index < -0.39 is 0 Å². The molecule has 0 spiro atoms. The third-order valence-electron chi connectivity index (χ3n) is 3.96. The van der Waals surface area contributed by atoms with Crippen LogP contribution < -0.4 is 14.8 Å². The monoisotopic (exact) mass is 391 g/mol. The molecular weight excluding hydrogens is 366 g/mol. The molecule has 0 aliphatic rings. The van der Waals surface area contributed by atoms with E-state index in [-0.39, 0.29) is 16.9 Å². The van der Waals surface area contributed by atoms with Gasteiger partial charge in [-0.15, -0.1) is 0 Å². The molecule has 1 aromatic carbocycles. The smallest absolute Gasteiger partial charge is 0.228 e. The number of carbonyl (C=O) groups is 2. The van der Waals surface area contributed by atoms with Crippen LogP contribution in [0.4, 0.5) is 5.69 Å². The molecule has 0 bridgehead atoms. The van der Waals surface area contributed by atoms with Crippen molar-refractivity contribution in [1.29, 1.82) is 0 Å². The van der Waals surface area contributed by atoms with Crippen LogP contribution in [-0.2, 0) is 22.6 Å². The summed E-state index contributed by atoms with van der Waals surface area (Å²) < 4.78 is 12.3. The number of hydrogen-bond acceptors (Lipinski definition) is 6. The Morgan fingerprint density at radius 3 is 2.67 bits per heavy atom. The second-order valence-corrected chi connectivity index (χ2v) is 7.32. The Morgan fingerprint density at radius 2 is 2.00 bits per heavy atom. The van der Waals surface area contributed by atoms with Crippen LogP contribution in [0.15, 0.2) is 30.6 Å². The van der Waals surface area contributed by atoms with Gasteiger partial charge in [-0.25, -0.2) is 0 Å². The highest BCUT2D eigenvalue weighted by Gasteiger charge is 2.15. The van der Waals surface area contributed by atoms with Crippen molar-refractivity contribution in [2.24, 2.45) is 5.92 Å². The third-order valence-corrected chi connectivity index (χ3v) is 5.04. The van der Waals surface area contributed by atoms with Crippen molar-refractivity contribution in [1.82, 2.24) is 9.78 Å². The Labute approximate surface area is 163 Å². The highest BCUT2D eigenvalue weighted by atomic mass is 32.2. The molecule has 2 aromatic rings. The molecule has 0 unspecified atom stereocenters. The zero-order chi connectivity index (χ0) is 19.8. The molecule has 146 valence electrons. The number of aryl methyl sites for hydroxylation is 2. The fourth-order valence-corrected chi connectivity index (χ4v) is 3.05. The van der Waals surface area contributed by atoms with Crippen molar-refractivity contribution in [3.05, 3.63) is 36.2 Å². The first-order chi connectivity index (χ1) is 12.9. The van der Waals surface area contributed by atoms with Crippen molar-refractivity contribution < 1.29 is 19.1 Å². The van der Waals surface area contributed by atoms with Gasteiger partial charge in [0.1, 0.15) is 0 Å². The maximum atomic E-state index is 12.1. The van der Waals surface area contributed by atoms with Gasteiger partial charge in [-0.05, 0) is 24.1 Å². The summed E-state index contributed by atoms with van der Waals surface area (Å²) in [5.74, 6) is 1.48. The predicted octanol–water partition coefficient (Wildman–Crippen LogP) is 3.00. The van der Waals surface area contributed by atoms with Crippen molar-refractivity contribution in [2.75, 3.05) is 25.3 Å². The van der Waals surface area contributed by atoms with Crippen LogP contribution in [0, 0.1) is 5.92 Å². The Hall–Kier alpha value is -2.48. The molecule has 1 atom stereocenters. The summed E-state index contributed by atoms with van der Waals surface area (Å²) in [6.07, 6.45) is 4.18. The minimum Gasteiger partial charge on any atom is -0.493 e. The summed E-state index contributed by atoms with van der Waals surface area (Å²) in [6.45, 7) is 3.96. The fraction of sp³-hybridized carbons (Fsp3) is 0.421. The highest BCUT2D eigenvalue weighted by molar-refractivity contribution is 8.13. The Bertz CT molecular complexity index is 791. The van der Waals surface area contributed by atoms with Crippen LogP contribution in [0.25, 0.3) is 0 Å². The number of nitrogens with zero attached hydrogens (tertiary/aromatic N) is 2. The van der Waals surface area contributed by atoms with Crippen molar-refractivity contribution in [2.45, 2.75) is 26.8 Å². The predicted molar refractivity (Wildman–Crippen MR) is 106 cm³/mol. The molecule has 0 radical (unpaired) electrons.